The average molecular weight is 1270 g/mol. The molecule has 3 aliphatic rings. The maximum Gasteiger partial charge on any atom is 0.356 e. The number of aromatic carboxylic acids is 1. The molecule has 7 N–H and O–H groups in total. The minimum atomic E-state index is -1.15. The number of amides is 2. The third-order valence-corrected chi connectivity index (χ3v) is 17.7. The summed E-state index contributed by atoms with van der Waals surface area (Å²) in [5, 5.41) is 48.1. The first-order valence-electron chi connectivity index (χ1n) is 28.5. The summed E-state index contributed by atoms with van der Waals surface area (Å²) in [5.74, 6) is -1.37. The molecule has 2 aliphatic heterocycles. The zero-order valence-corrected chi connectivity index (χ0v) is 51.4. The van der Waals surface area contributed by atoms with Gasteiger partial charge in [0.05, 0.1) is 51.7 Å². The number of anilines is 3. The van der Waals surface area contributed by atoms with Crippen LogP contribution >= 0.6 is 34.0 Å². The normalized spacial score (nSPS) is 16.7. The molecule has 88 heavy (non-hydrogen) atoms. The summed E-state index contributed by atoms with van der Waals surface area (Å²) in [4.78, 5) is 91.7. The molecule has 0 aromatic carbocycles. The second-order valence-corrected chi connectivity index (χ2v) is 25.2. The Hall–Kier alpha value is -8.16. The number of pyridine rings is 3. The number of halogens is 3. The Morgan fingerprint density at radius 2 is 0.830 bits per heavy atom. The van der Waals surface area contributed by atoms with Crippen LogP contribution in [0, 0.1) is 56.0 Å². The number of thiazole rings is 3. The first-order valence-corrected chi connectivity index (χ1v) is 30.9. The lowest BCUT2D eigenvalue weighted by Gasteiger charge is -2.18. The quantitative estimate of drug-likeness (QED) is 0.0503. The van der Waals surface area contributed by atoms with E-state index in [1.165, 1.54) is 84.1 Å². The molecule has 1 aliphatic carbocycles. The first-order chi connectivity index (χ1) is 42.2. The highest BCUT2D eigenvalue weighted by atomic mass is 32.1. The van der Waals surface area contributed by atoms with Gasteiger partial charge in [0.1, 0.15) is 31.6 Å². The lowest BCUT2D eigenvalue weighted by atomic mass is 10.1. The van der Waals surface area contributed by atoms with Crippen molar-refractivity contribution in [3.8, 4) is 0 Å². The van der Waals surface area contributed by atoms with E-state index >= 15 is 0 Å². The maximum atomic E-state index is 13.5. The van der Waals surface area contributed by atoms with Gasteiger partial charge in [-0.2, -0.15) is 15.0 Å². The fourth-order valence-electron chi connectivity index (χ4n) is 10.1. The van der Waals surface area contributed by atoms with Crippen LogP contribution in [-0.4, -0.2) is 154 Å². The van der Waals surface area contributed by atoms with Crippen molar-refractivity contribution < 1.29 is 48.0 Å². The molecule has 2 saturated heterocycles. The number of aliphatic hydroxyl groups excluding tert-OH is 3. The van der Waals surface area contributed by atoms with E-state index in [4.69, 9.17) is 5.11 Å². The second-order valence-electron chi connectivity index (χ2n) is 21.6. The maximum absolute atomic E-state index is 13.5. The van der Waals surface area contributed by atoms with Crippen molar-refractivity contribution in [2.45, 2.75) is 98.2 Å². The van der Waals surface area contributed by atoms with E-state index in [-0.39, 0.29) is 78.5 Å². The van der Waals surface area contributed by atoms with Crippen LogP contribution in [0.5, 0.6) is 0 Å². The summed E-state index contributed by atoms with van der Waals surface area (Å²) in [6.07, 6.45) is 14.8. The van der Waals surface area contributed by atoms with Crippen LogP contribution in [0.1, 0.15) is 141 Å². The van der Waals surface area contributed by atoms with Gasteiger partial charge in [-0.3, -0.25) is 24.5 Å². The predicted octanol–water partition coefficient (Wildman–Crippen LogP) is 9.08. The number of nitrogens with one attached hydrogen (secondary N) is 3. The predicted molar refractivity (Wildman–Crippen MR) is 327 cm³/mol. The molecule has 24 nitrogen and oxygen atoms in total. The minimum Gasteiger partial charge on any atom is -0.476 e. The number of carbonyl (C=O) groups is 3. The SMILES string of the molecule is Cc1nc2nc(N[C@@H](C)c3cncc(F)c3)nc(C(=O)N3CC[C@@H](CO)C3)c2s1.Cc1nc2nc(N[C@@H](C)c3cncc(F)c3)nc(C(=O)N3CC[C@@H](CO)C3)c2s1.Cc1nc2nc(N[C@@H](C)c3cncc(F)c3)nc(C(=O)O)c2s1.OCC1CCCC1. The number of likely N-dealkylation sites (tertiary alicyclic amines) is 2. The smallest absolute Gasteiger partial charge is 0.356 e. The molecule has 11 heterocycles. The molecule has 1 saturated carbocycles. The number of hydrogen-bond donors (Lipinski definition) is 7. The molecular weight excluding hydrogens is 1200 g/mol. The van der Waals surface area contributed by atoms with Crippen molar-refractivity contribution in [2.24, 2.45) is 17.8 Å². The van der Waals surface area contributed by atoms with Crippen molar-refractivity contribution in [2.75, 3.05) is 62.0 Å². The van der Waals surface area contributed by atoms with Gasteiger partial charge in [-0.1, -0.05) is 12.8 Å². The molecule has 3 fully saturated rings. The zero-order chi connectivity index (χ0) is 62.8. The van der Waals surface area contributed by atoms with Gasteiger partial charge in [-0.15, -0.1) is 34.0 Å². The standard InChI is InChI=1S/2C19H21FN6O2S.C14H12FN5O2S.C6H12O/c2*1-10(13-5-14(20)7-21-6-13)22-19-24-15(16-17(25-19)23-11(2)29-16)18(28)26-4-3-12(8-26)9-27;1-6(8-3-9(15)5-16-4-8)17-14-19-10(13(21)22)11-12(20-14)18-7(2)23-11;7-5-6-3-1-2-4-6/h2*5-7,10,12,27H,3-4,8-9H2,1-2H3,(H,22,24,25);3-6H,1-2H3,(H,21,22)(H,17,19,20);6-7H,1-5H2/t2*10-,12+;6-;/m000./s1. The molecular formula is C58H66F3N17O7S3. The van der Waals surface area contributed by atoms with E-state index in [1.54, 1.807) is 36.0 Å². The van der Waals surface area contributed by atoms with E-state index in [0.29, 0.717) is 103 Å². The van der Waals surface area contributed by atoms with E-state index in [1.807, 2.05) is 27.7 Å². The van der Waals surface area contributed by atoms with Gasteiger partial charge in [0.15, 0.2) is 34.0 Å². The summed E-state index contributed by atoms with van der Waals surface area (Å²) in [5.41, 5.74) is 3.60. The van der Waals surface area contributed by atoms with Crippen LogP contribution in [0.2, 0.25) is 0 Å². The molecule has 12 rings (SSSR count). The van der Waals surface area contributed by atoms with Crippen LogP contribution in [0.4, 0.5) is 31.0 Å². The number of hydrogen-bond acceptors (Lipinski definition) is 24. The Bertz CT molecular complexity index is 3760. The van der Waals surface area contributed by atoms with Crippen LogP contribution in [-0.2, 0) is 0 Å². The number of nitrogens with zero attached hydrogens (tertiary/aromatic N) is 14. The van der Waals surface area contributed by atoms with Crippen molar-refractivity contribution in [1.82, 2.24) is 69.6 Å². The largest absolute Gasteiger partial charge is 0.476 e. The highest BCUT2D eigenvalue weighted by molar-refractivity contribution is 7.19. The number of aliphatic hydroxyl groups is 3. The molecule has 30 heteroatoms. The highest BCUT2D eigenvalue weighted by Gasteiger charge is 2.32. The number of aromatic nitrogens is 12. The third-order valence-electron chi connectivity index (χ3n) is 14.8. The Labute approximate surface area is 515 Å². The van der Waals surface area contributed by atoms with Crippen LogP contribution in [0.25, 0.3) is 31.0 Å². The summed E-state index contributed by atoms with van der Waals surface area (Å²) >= 11 is 3.98. The van der Waals surface area contributed by atoms with Crippen LogP contribution < -0.4 is 16.0 Å². The summed E-state index contributed by atoms with van der Waals surface area (Å²) in [6, 6.07) is 3.14. The van der Waals surface area contributed by atoms with Crippen LogP contribution in [0.3, 0.4) is 0 Å². The van der Waals surface area contributed by atoms with E-state index in [0.717, 1.165) is 41.4 Å². The number of carboxylic acids is 1. The van der Waals surface area contributed by atoms with Gasteiger partial charge in [0.25, 0.3) is 11.8 Å². The monoisotopic (exact) mass is 1270 g/mol. The van der Waals surface area contributed by atoms with Gasteiger partial charge in [-0.25, -0.2) is 47.9 Å². The summed E-state index contributed by atoms with van der Waals surface area (Å²) < 4.78 is 41.9. The number of rotatable bonds is 15. The Morgan fingerprint density at radius 1 is 0.500 bits per heavy atom. The lowest BCUT2D eigenvalue weighted by molar-refractivity contribution is 0.0691. The fourth-order valence-corrected chi connectivity index (χ4v) is 12.6. The fraction of sp³-hybridized carbons (Fsp3) is 0.431. The number of fused-ring (bicyclic) bond motifs is 3. The number of aryl methyl sites for hydroxylation is 3. The van der Waals surface area contributed by atoms with E-state index < -0.39 is 23.4 Å². The molecule has 9 aromatic heterocycles. The van der Waals surface area contributed by atoms with Gasteiger partial charge in [0.2, 0.25) is 17.8 Å². The lowest BCUT2D eigenvalue weighted by Crippen LogP contribution is -2.30. The molecule has 464 valence electrons. The number of carboxylic acid groups (broad SMARTS) is 1. The van der Waals surface area contributed by atoms with E-state index in [9.17, 15) is 42.9 Å². The summed E-state index contributed by atoms with van der Waals surface area (Å²) in [6.45, 7) is 13.7. The summed E-state index contributed by atoms with van der Waals surface area (Å²) in [7, 11) is 0. The molecule has 0 bridgehead atoms. The van der Waals surface area contributed by atoms with Gasteiger partial charge in [-0.05, 0) is 108 Å². The Kier molecular flexibility index (Phi) is 21.4. The average Bonchev–Trinajstić information content (AvgIpc) is 2.18. The van der Waals surface area contributed by atoms with Crippen LogP contribution in [0.15, 0.2) is 55.4 Å². The van der Waals surface area contributed by atoms with Crippen molar-refractivity contribution >= 4 is 101 Å². The first kappa shape index (κ1) is 64.3. The van der Waals surface area contributed by atoms with Gasteiger partial charge in [0, 0.05) is 76.4 Å². The van der Waals surface area contributed by atoms with Crippen molar-refractivity contribution in [3.05, 3.63) is 122 Å². The zero-order valence-electron chi connectivity index (χ0n) is 49.0. The Balaban J connectivity index is 0.000000149. The topological polar surface area (TPSA) is 329 Å². The van der Waals surface area contributed by atoms with Gasteiger partial charge >= 0.3 is 5.97 Å². The second kappa shape index (κ2) is 29.2. The molecule has 0 spiro atoms. The van der Waals surface area contributed by atoms with Gasteiger partial charge < -0.3 is 46.2 Å². The number of carbonyl (C=O) groups excluding carboxylic acids is 2. The minimum absolute atomic E-state index is 0.0641. The highest BCUT2D eigenvalue weighted by Crippen LogP contribution is 2.32. The molecule has 0 radical (unpaired) electrons. The molecule has 2 amide bonds. The third kappa shape index (κ3) is 16.1. The molecule has 5 atom stereocenters. The Morgan fingerprint density at radius 3 is 1.12 bits per heavy atom. The molecule has 0 unspecified atom stereocenters. The molecule has 9 aromatic rings. The van der Waals surface area contributed by atoms with Crippen molar-refractivity contribution in [1.29, 1.82) is 0 Å². The van der Waals surface area contributed by atoms with Crippen molar-refractivity contribution in [3.63, 3.8) is 0 Å². The van der Waals surface area contributed by atoms with E-state index in [2.05, 4.69) is 75.8 Å².